The fourth-order valence-electron chi connectivity index (χ4n) is 2.60. The highest BCUT2D eigenvalue weighted by molar-refractivity contribution is 5.83. The van der Waals surface area contributed by atoms with Gasteiger partial charge in [0.2, 0.25) is 5.91 Å². The Balaban J connectivity index is 1.85. The SMILES string of the molecule is COc1ccccc1OCC(=O)N[C@@H]1CC(=O)N(C(C)(C)C)C1. The van der Waals surface area contributed by atoms with Crippen molar-refractivity contribution in [2.24, 2.45) is 0 Å². The van der Waals surface area contributed by atoms with Crippen molar-refractivity contribution in [1.82, 2.24) is 10.2 Å². The van der Waals surface area contributed by atoms with E-state index in [0.29, 0.717) is 24.5 Å². The maximum absolute atomic E-state index is 12.0. The molecule has 0 unspecified atom stereocenters. The number of amides is 2. The average Bonchev–Trinajstić information content (AvgIpc) is 2.86. The summed E-state index contributed by atoms with van der Waals surface area (Å²) < 4.78 is 10.7. The van der Waals surface area contributed by atoms with Gasteiger partial charge in [0.05, 0.1) is 13.2 Å². The highest BCUT2D eigenvalue weighted by Gasteiger charge is 2.36. The number of hydrogen-bond acceptors (Lipinski definition) is 4. The molecule has 1 aliphatic heterocycles. The smallest absolute Gasteiger partial charge is 0.258 e. The van der Waals surface area contributed by atoms with E-state index in [1.165, 1.54) is 0 Å². The van der Waals surface area contributed by atoms with Crippen molar-refractivity contribution < 1.29 is 19.1 Å². The van der Waals surface area contributed by atoms with Crippen molar-refractivity contribution in [3.8, 4) is 11.5 Å². The molecule has 1 atom stereocenters. The van der Waals surface area contributed by atoms with E-state index in [1.807, 2.05) is 32.9 Å². The molecule has 126 valence electrons. The van der Waals surface area contributed by atoms with Crippen molar-refractivity contribution in [1.29, 1.82) is 0 Å². The lowest BCUT2D eigenvalue weighted by molar-refractivity contribution is -0.131. The molecule has 1 aromatic rings. The number of para-hydroxylation sites is 2. The Labute approximate surface area is 136 Å². The van der Waals surface area contributed by atoms with Crippen molar-refractivity contribution in [3.63, 3.8) is 0 Å². The fraction of sp³-hybridized carbons (Fsp3) is 0.529. The summed E-state index contributed by atoms with van der Waals surface area (Å²) in [7, 11) is 1.55. The molecule has 1 heterocycles. The molecule has 2 rings (SSSR count). The van der Waals surface area contributed by atoms with Gasteiger partial charge in [-0.25, -0.2) is 0 Å². The standard InChI is InChI=1S/C17H24N2O4/c1-17(2,3)19-10-12(9-16(19)21)18-15(20)11-23-14-8-6-5-7-13(14)22-4/h5-8,12H,9-11H2,1-4H3,(H,18,20)/t12-/m1/s1. The van der Waals surface area contributed by atoms with Crippen LogP contribution in [0.25, 0.3) is 0 Å². The molecule has 23 heavy (non-hydrogen) atoms. The van der Waals surface area contributed by atoms with E-state index >= 15 is 0 Å². The number of benzene rings is 1. The lowest BCUT2D eigenvalue weighted by Gasteiger charge is -2.32. The Hall–Kier alpha value is -2.24. The Morgan fingerprint density at radius 2 is 1.96 bits per heavy atom. The molecule has 0 radical (unpaired) electrons. The predicted octanol–water partition coefficient (Wildman–Crippen LogP) is 1.59. The van der Waals surface area contributed by atoms with Gasteiger partial charge < -0.3 is 19.7 Å². The van der Waals surface area contributed by atoms with Crippen LogP contribution in [0.2, 0.25) is 0 Å². The zero-order valence-corrected chi connectivity index (χ0v) is 14.1. The first-order chi connectivity index (χ1) is 10.8. The Morgan fingerprint density at radius 1 is 1.30 bits per heavy atom. The number of likely N-dealkylation sites (tertiary alicyclic amines) is 1. The molecule has 0 aliphatic carbocycles. The summed E-state index contributed by atoms with van der Waals surface area (Å²) in [5.41, 5.74) is -0.232. The first-order valence-corrected chi connectivity index (χ1v) is 7.67. The van der Waals surface area contributed by atoms with E-state index in [1.54, 1.807) is 24.1 Å². The van der Waals surface area contributed by atoms with Crippen LogP contribution in [0.4, 0.5) is 0 Å². The number of carbonyl (C=O) groups is 2. The molecule has 0 aromatic heterocycles. The number of hydrogen-bond donors (Lipinski definition) is 1. The first kappa shape index (κ1) is 17.1. The molecule has 0 bridgehead atoms. The zero-order chi connectivity index (χ0) is 17.0. The van der Waals surface area contributed by atoms with Crippen molar-refractivity contribution in [2.45, 2.75) is 38.8 Å². The molecular weight excluding hydrogens is 296 g/mol. The zero-order valence-electron chi connectivity index (χ0n) is 14.1. The molecule has 1 saturated heterocycles. The van der Waals surface area contributed by atoms with Gasteiger partial charge in [-0.15, -0.1) is 0 Å². The molecule has 1 aromatic carbocycles. The quantitative estimate of drug-likeness (QED) is 0.894. The minimum absolute atomic E-state index is 0.0634. The van der Waals surface area contributed by atoms with Crippen molar-refractivity contribution in [2.75, 3.05) is 20.3 Å². The van der Waals surface area contributed by atoms with Gasteiger partial charge >= 0.3 is 0 Å². The van der Waals surface area contributed by atoms with Crippen LogP contribution >= 0.6 is 0 Å². The second-order valence-corrected chi connectivity index (χ2v) is 6.58. The van der Waals surface area contributed by atoms with Crippen LogP contribution in [0.5, 0.6) is 11.5 Å². The summed E-state index contributed by atoms with van der Waals surface area (Å²) in [6, 6.07) is 6.98. The van der Waals surface area contributed by atoms with E-state index in [4.69, 9.17) is 9.47 Å². The second kappa shape index (κ2) is 6.89. The van der Waals surface area contributed by atoms with E-state index in [9.17, 15) is 9.59 Å². The second-order valence-electron chi connectivity index (χ2n) is 6.58. The third kappa shape index (κ3) is 4.37. The molecule has 6 heteroatoms. The lowest BCUT2D eigenvalue weighted by Crippen LogP contribution is -2.45. The Bertz CT molecular complexity index is 580. The molecule has 0 spiro atoms. The summed E-state index contributed by atoms with van der Waals surface area (Å²) in [5, 5.41) is 2.85. The monoisotopic (exact) mass is 320 g/mol. The van der Waals surface area contributed by atoms with E-state index < -0.39 is 0 Å². The van der Waals surface area contributed by atoms with E-state index in [0.717, 1.165) is 0 Å². The van der Waals surface area contributed by atoms with Crippen LogP contribution in [0.1, 0.15) is 27.2 Å². The fourth-order valence-corrected chi connectivity index (χ4v) is 2.60. The predicted molar refractivity (Wildman–Crippen MR) is 86.5 cm³/mol. The minimum Gasteiger partial charge on any atom is -0.493 e. The molecular formula is C17H24N2O4. The van der Waals surface area contributed by atoms with Gasteiger partial charge in [-0.3, -0.25) is 9.59 Å². The molecule has 2 amide bonds. The average molecular weight is 320 g/mol. The van der Waals surface area contributed by atoms with Gasteiger partial charge in [-0.1, -0.05) is 12.1 Å². The summed E-state index contributed by atoms with van der Waals surface area (Å²) in [4.78, 5) is 25.8. The van der Waals surface area contributed by atoms with Gasteiger partial charge in [0.15, 0.2) is 18.1 Å². The summed E-state index contributed by atoms with van der Waals surface area (Å²) in [5.74, 6) is 0.914. The van der Waals surface area contributed by atoms with Gasteiger partial charge in [-0.05, 0) is 32.9 Å². The molecule has 1 fully saturated rings. The van der Waals surface area contributed by atoms with E-state index in [-0.39, 0.29) is 30.0 Å². The topological polar surface area (TPSA) is 67.9 Å². The van der Waals surface area contributed by atoms with E-state index in [2.05, 4.69) is 5.32 Å². The third-order valence-corrected chi connectivity index (χ3v) is 3.73. The number of ether oxygens (including phenoxy) is 2. The Kier molecular flexibility index (Phi) is 5.13. The van der Waals surface area contributed by atoms with Crippen LogP contribution < -0.4 is 14.8 Å². The van der Waals surface area contributed by atoms with Gasteiger partial charge in [-0.2, -0.15) is 0 Å². The molecule has 1 aliphatic rings. The normalized spacial score (nSPS) is 18.0. The van der Waals surface area contributed by atoms with Crippen molar-refractivity contribution >= 4 is 11.8 Å². The van der Waals surface area contributed by atoms with Gasteiger partial charge in [0, 0.05) is 18.5 Å². The summed E-state index contributed by atoms with van der Waals surface area (Å²) in [6.45, 7) is 6.38. The maximum atomic E-state index is 12.0. The van der Waals surface area contributed by atoms with Gasteiger partial charge in [0.25, 0.3) is 5.91 Å². The highest BCUT2D eigenvalue weighted by Crippen LogP contribution is 2.25. The first-order valence-electron chi connectivity index (χ1n) is 7.67. The maximum Gasteiger partial charge on any atom is 0.258 e. The number of carbonyl (C=O) groups excluding carboxylic acids is 2. The molecule has 0 saturated carbocycles. The Morgan fingerprint density at radius 3 is 2.52 bits per heavy atom. The number of methoxy groups -OCH3 is 1. The molecule has 6 nitrogen and oxygen atoms in total. The lowest BCUT2D eigenvalue weighted by atomic mass is 10.1. The molecule has 1 N–H and O–H groups in total. The van der Waals surface area contributed by atoms with Crippen LogP contribution in [-0.4, -0.2) is 48.6 Å². The summed E-state index contributed by atoms with van der Waals surface area (Å²) >= 11 is 0. The summed E-state index contributed by atoms with van der Waals surface area (Å²) in [6.07, 6.45) is 0.331. The number of rotatable bonds is 5. The largest absolute Gasteiger partial charge is 0.493 e. The van der Waals surface area contributed by atoms with Crippen LogP contribution in [0.15, 0.2) is 24.3 Å². The van der Waals surface area contributed by atoms with Crippen LogP contribution in [0.3, 0.4) is 0 Å². The van der Waals surface area contributed by atoms with Crippen LogP contribution in [0, 0.1) is 0 Å². The van der Waals surface area contributed by atoms with Crippen molar-refractivity contribution in [3.05, 3.63) is 24.3 Å². The van der Waals surface area contributed by atoms with Gasteiger partial charge in [0.1, 0.15) is 0 Å². The third-order valence-electron chi connectivity index (χ3n) is 3.73. The number of nitrogens with zero attached hydrogens (tertiary/aromatic N) is 1. The number of nitrogens with one attached hydrogen (secondary N) is 1. The highest BCUT2D eigenvalue weighted by atomic mass is 16.5. The van der Waals surface area contributed by atoms with Crippen LogP contribution in [-0.2, 0) is 9.59 Å². The minimum atomic E-state index is -0.246.